The van der Waals surface area contributed by atoms with Gasteiger partial charge in [0.2, 0.25) is 5.91 Å². The Hall–Kier alpha value is -2.67. The lowest BCUT2D eigenvalue weighted by atomic mass is 10.0. The summed E-state index contributed by atoms with van der Waals surface area (Å²) in [4.78, 5) is 42.0. The number of alkyl carbamates (subject to hydrolysis) is 1. The number of likely N-dealkylation sites (tertiary alicyclic amines) is 1. The molecule has 1 saturated heterocycles. The summed E-state index contributed by atoms with van der Waals surface area (Å²) < 4.78 is 22.7. The zero-order chi connectivity index (χ0) is 28.4. The standard InChI is InChI=1S/C27H39BrN4O7/c1-5-24(33)30-18-22(19-30)32-17-20-6-7-21(28)16-23(20)31(26(32)35)9-11-37-13-15-38-14-12-36-10-8-29-25(34)39-27(2,3)4/h5-7,16,22H,1,8-15,17-19H2,2-4H3,(H,29,34). The lowest BCUT2D eigenvalue weighted by Gasteiger charge is -2.48. The SMILES string of the molecule is C=CC(=O)N1CC(N2Cc3ccc(Br)cc3N(CCOCCOCCOCCNC(=O)OC(C)(C)C)C2=O)C1. The van der Waals surface area contributed by atoms with E-state index in [0.717, 1.165) is 15.7 Å². The van der Waals surface area contributed by atoms with Gasteiger partial charge in [-0.3, -0.25) is 9.69 Å². The molecule has 0 saturated carbocycles. The second-order valence-corrected chi connectivity index (χ2v) is 11.1. The van der Waals surface area contributed by atoms with Crippen molar-refractivity contribution in [3.8, 4) is 0 Å². The third-order valence-corrected chi connectivity index (χ3v) is 6.56. The molecule has 2 aliphatic heterocycles. The number of amides is 4. The molecule has 0 aliphatic carbocycles. The molecule has 0 spiro atoms. The first-order valence-corrected chi connectivity index (χ1v) is 13.9. The molecule has 11 nitrogen and oxygen atoms in total. The van der Waals surface area contributed by atoms with E-state index >= 15 is 0 Å². The third kappa shape index (κ3) is 9.48. The van der Waals surface area contributed by atoms with Crippen LogP contribution in [0.3, 0.4) is 0 Å². The van der Waals surface area contributed by atoms with Crippen LogP contribution in [0.15, 0.2) is 35.3 Å². The smallest absolute Gasteiger partial charge is 0.407 e. The van der Waals surface area contributed by atoms with Crippen molar-refractivity contribution in [2.75, 3.05) is 70.7 Å². The molecule has 0 bridgehead atoms. The van der Waals surface area contributed by atoms with Crippen LogP contribution in [0, 0.1) is 0 Å². The van der Waals surface area contributed by atoms with E-state index in [1.165, 1.54) is 6.08 Å². The van der Waals surface area contributed by atoms with Crippen LogP contribution in [0.25, 0.3) is 0 Å². The second kappa shape index (κ2) is 14.6. The summed E-state index contributed by atoms with van der Waals surface area (Å²) in [6, 6.07) is 5.82. The van der Waals surface area contributed by atoms with Crippen molar-refractivity contribution in [1.29, 1.82) is 0 Å². The molecule has 39 heavy (non-hydrogen) atoms. The summed E-state index contributed by atoms with van der Waals surface area (Å²) in [5.74, 6) is -0.116. The number of nitrogens with one attached hydrogen (secondary N) is 1. The molecule has 1 N–H and O–H groups in total. The Morgan fingerprint density at radius 2 is 1.72 bits per heavy atom. The highest BCUT2D eigenvalue weighted by molar-refractivity contribution is 9.10. The highest BCUT2D eigenvalue weighted by atomic mass is 79.9. The molecular weight excluding hydrogens is 572 g/mol. The van der Waals surface area contributed by atoms with E-state index in [2.05, 4.69) is 27.8 Å². The first kappa shape index (κ1) is 30.9. The maximum Gasteiger partial charge on any atom is 0.407 e. The fourth-order valence-electron chi connectivity index (χ4n) is 4.13. The van der Waals surface area contributed by atoms with Gasteiger partial charge in [-0.15, -0.1) is 0 Å². The minimum absolute atomic E-state index is 0.0228. The van der Waals surface area contributed by atoms with Gasteiger partial charge in [-0.2, -0.15) is 0 Å². The molecular formula is C27H39BrN4O7. The topological polar surface area (TPSA) is 110 Å². The molecule has 4 amide bonds. The molecule has 0 aromatic heterocycles. The van der Waals surface area contributed by atoms with E-state index in [1.807, 2.05) is 43.9 Å². The minimum Gasteiger partial charge on any atom is -0.444 e. The van der Waals surface area contributed by atoms with Gasteiger partial charge in [-0.1, -0.05) is 28.6 Å². The Morgan fingerprint density at radius 3 is 2.36 bits per heavy atom. The number of fused-ring (bicyclic) bond motifs is 1. The highest BCUT2D eigenvalue weighted by Gasteiger charge is 2.41. The number of ether oxygens (including phenoxy) is 4. The fraction of sp³-hybridized carbons (Fsp3) is 0.593. The first-order chi connectivity index (χ1) is 18.6. The molecule has 1 aromatic rings. The van der Waals surface area contributed by atoms with Crippen LogP contribution < -0.4 is 10.2 Å². The van der Waals surface area contributed by atoms with Gasteiger partial charge in [0.15, 0.2) is 0 Å². The Morgan fingerprint density at radius 1 is 1.08 bits per heavy atom. The van der Waals surface area contributed by atoms with Crippen molar-refractivity contribution in [3.63, 3.8) is 0 Å². The molecule has 2 heterocycles. The number of hydrogen-bond donors (Lipinski definition) is 1. The van der Waals surface area contributed by atoms with Crippen molar-refractivity contribution in [1.82, 2.24) is 15.1 Å². The number of halogens is 1. The van der Waals surface area contributed by atoms with Crippen LogP contribution in [-0.4, -0.2) is 105 Å². The summed E-state index contributed by atoms with van der Waals surface area (Å²) in [6.45, 7) is 13.5. The van der Waals surface area contributed by atoms with Gasteiger partial charge in [0, 0.05) is 30.7 Å². The quantitative estimate of drug-likeness (QED) is 0.254. The van der Waals surface area contributed by atoms with Gasteiger partial charge in [0.25, 0.3) is 0 Å². The van der Waals surface area contributed by atoms with Crippen molar-refractivity contribution >= 4 is 39.6 Å². The molecule has 0 atom stereocenters. The van der Waals surface area contributed by atoms with Gasteiger partial charge in [-0.05, 0) is 44.5 Å². The Balaban J connectivity index is 1.32. The molecule has 216 valence electrons. The van der Waals surface area contributed by atoms with Gasteiger partial charge in [-0.25, -0.2) is 9.59 Å². The monoisotopic (exact) mass is 610 g/mol. The van der Waals surface area contributed by atoms with E-state index in [4.69, 9.17) is 18.9 Å². The lowest BCUT2D eigenvalue weighted by molar-refractivity contribution is -0.132. The fourth-order valence-corrected chi connectivity index (χ4v) is 4.48. The number of hydrogen-bond acceptors (Lipinski definition) is 7. The molecule has 0 radical (unpaired) electrons. The average Bonchev–Trinajstić information content (AvgIpc) is 2.84. The van der Waals surface area contributed by atoms with E-state index < -0.39 is 11.7 Å². The van der Waals surface area contributed by atoms with E-state index in [-0.39, 0.29) is 18.0 Å². The largest absolute Gasteiger partial charge is 0.444 e. The van der Waals surface area contributed by atoms with Gasteiger partial charge >= 0.3 is 12.1 Å². The number of carbonyl (C=O) groups is 3. The number of urea groups is 1. The molecule has 3 rings (SSSR count). The normalized spacial score (nSPS) is 15.6. The maximum absolute atomic E-state index is 13.4. The van der Waals surface area contributed by atoms with Crippen molar-refractivity contribution in [2.24, 2.45) is 0 Å². The molecule has 0 unspecified atom stereocenters. The van der Waals surface area contributed by atoms with E-state index in [1.54, 1.807) is 9.80 Å². The van der Waals surface area contributed by atoms with Crippen LogP contribution >= 0.6 is 15.9 Å². The van der Waals surface area contributed by atoms with Crippen LogP contribution in [0.1, 0.15) is 26.3 Å². The number of rotatable bonds is 14. The zero-order valence-corrected chi connectivity index (χ0v) is 24.5. The summed E-state index contributed by atoms with van der Waals surface area (Å²) >= 11 is 3.50. The van der Waals surface area contributed by atoms with Gasteiger partial charge < -0.3 is 34.1 Å². The molecule has 2 aliphatic rings. The van der Waals surface area contributed by atoms with Gasteiger partial charge in [0.1, 0.15) is 5.60 Å². The Bertz CT molecular complexity index is 1010. The number of benzene rings is 1. The number of nitrogens with zero attached hydrogens (tertiary/aromatic N) is 3. The average molecular weight is 612 g/mol. The maximum atomic E-state index is 13.4. The number of anilines is 1. The van der Waals surface area contributed by atoms with Crippen molar-refractivity contribution in [3.05, 3.63) is 40.9 Å². The Labute approximate surface area is 238 Å². The van der Waals surface area contributed by atoms with E-state index in [9.17, 15) is 14.4 Å². The lowest BCUT2D eigenvalue weighted by Crippen LogP contribution is -2.64. The molecule has 12 heteroatoms. The second-order valence-electron chi connectivity index (χ2n) is 10.2. The van der Waals surface area contributed by atoms with E-state index in [0.29, 0.717) is 72.4 Å². The first-order valence-electron chi connectivity index (χ1n) is 13.1. The molecule has 1 fully saturated rings. The summed E-state index contributed by atoms with van der Waals surface area (Å²) in [7, 11) is 0. The summed E-state index contributed by atoms with van der Waals surface area (Å²) in [6.07, 6.45) is 0.831. The van der Waals surface area contributed by atoms with Crippen molar-refractivity contribution in [2.45, 2.75) is 39.0 Å². The third-order valence-electron chi connectivity index (χ3n) is 6.06. The van der Waals surface area contributed by atoms with Crippen LogP contribution in [0.5, 0.6) is 0 Å². The zero-order valence-electron chi connectivity index (χ0n) is 22.9. The predicted octanol–water partition coefficient (Wildman–Crippen LogP) is 3.16. The summed E-state index contributed by atoms with van der Waals surface area (Å²) in [5, 5.41) is 2.63. The number of carbonyl (C=O) groups excluding carboxylic acids is 3. The predicted molar refractivity (Wildman–Crippen MR) is 150 cm³/mol. The van der Waals surface area contributed by atoms with Gasteiger partial charge in [0.05, 0.1) is 57.9 Å². The van der Waals surface area contributed by atoms with Crippen molar-refractivity contribution < 1.29 is 33.3 Å². The van der Waals surface area contributed by atoms with Crippen LogP contribution in [-0.2, 0) is 30.3 Å². The molecule has 1 aromatic carbocycles. The highest BCUT2D eigenvalue weighted by Crippen LogP contribution is 2.33. The summed E-state index contributed by atoms with van der Waals surface area (Å²) in [5.41, 5.74) is 1.39. The van der Waals surface area contributed by atoms with Crippen LogP contribution in [0.4, 0.5) is 15.3 Å². The van der Waals surface area contributed by atoms with Crippen LogP contribution in [0.2, 0.25) is 0 Å². The Kier molecular flexibility index (Phi) is 11.6. The minimum atomic E-state index is -0.529.